The number of likely N-dealkylation sites (tertiary alicyclic amines) is 1. The molecule has 0 radical (unpaired) electrons. The summed E-state index contributed by atoms with van der Waals surface area (Å²) < 4.78 is 5.36. The van der Waals surface area contributed by atoms with Gasteiger partial charge >= 0.3 is 6.09 Å². The molecule has 27 heavy (non-hydrogen) atoms. The molecular formula is C23H28N2O2. The number of nitrogens with one attached hydrogen (secondary N) is 1. The molecule has 0 saturated carbocycles. The van der Waals surface area contributed by atoms with Gasteiger partial charge in [-0.15, -0.1) is 0 Å². The first-order valence-corrected chi connectivity index (χ1v) is 10.1. The Morgan fingerprint density at radius 3 is 2.37 bits per heavy atom. The first-order chi connectivity index (χ1) is 13.2. The number of benzene rings is 2. The largest absolute Gasteiger partial charge is 0.441 e. The average Bonchev–Trinajstić information content (AvgIpc) is 3.12. The normalized spacial score (nSPS) is 23.1. The number of carbonyl (C=O) groups is 1. The molecule has 2 aromatic rings. The van der Waals surface area contributed by atoms with Gasteiger partial charge in [-0.3, -0.25) is 0 Å². The number of hydrogen-bond donors (Lipinski definition) is 1. The Morgan fingerprint density at radius 2 is 1.74 bits per heavy atom. The van der Waals surface area contributed by atoms with Crippen molar-refractivity contribution in [3.63, 3.8) is 0 Å². The molecule has 0 bridgehead atoms. The van der Waals surface area contributed by atoms with Crippen LogP contribution < -0.4 is 5.32 Å². The maximum absolute atomic E-state index is 11.4. The van der Waals surface area contributed by atoms with Crippen molar-refractivity contribution in [1.29, 1.82) is 0 Å². The SMILES string of the molecule is C[C@@H]1CCCN1CCc1ccc(-c2ccc(C3CCNC(=O)O3)cc2)cc1. The molecule has 2 aliphatic heterocycles. The summed E-state index contributed by atoms with van der Waals surface area (Å²) in [6.07, 6.45) is 4.15. The van der Waals surface area contributed by atoms with E-state index in [0.717, 1.165) is 31.0 Å². The first kappa shape index (κ1) is 18.1. The molecule has 1 amide bonds. The summed E-state index contributed by atoms with van der Waals surface area (Å²) in [5, 5.41) is 2.69. The number of rotatable bonds is 5. The number of amides is 1. The van der Waals surface area contributed by atoms with Crippen LogP contribution in [0.1, 0.15) is 43.4 Å². The molecule has 2 atom stereocenters. The van der Waals surface area contributed by atoms with E-state index >= 15 is 0 Å². The van der Waals surface area contributed by atoms with Crippen LogP contribution in [-0.2, 0) is 11.2 Å². The molecule has 2 heterocycles. The quantitative estimate of drug-likeness (QED) is 0.846. The first-order valence-electron chi connectivity index (χ1n) is 10.1. The van der Waals surface area contributed by atoms with Crippen molar-refractivity contribution in [3.8, 4) is 11.1 Å². The average molecular weight is 364 g/mol. The Hall–Kier alpha value is -2.33. The number of carbonyl (C=O) groups excluding carboxylic acids is 1. The predicted octanol–water partition coefficient (Wildman–Crippen LogP) is 4.55. The van der Waals surface area contributed by atoms with Gasteiger partial charge in [-0.2, -0.15) is 0 Å². The van der Waals surface area contributed by atoms with Crippen molar-refractivity contribution in [2.45, 2.75) is 44.8 Å². The summed E-state index contributed by atoms with van der Waals surface area (Å²) in [6, 6.07) is 18.0. The third kappa shape index (κ3) is 4.33. The van der Waals surface area contributed by atoms with Gasteiger partial charge in [0.15, 0.2) is 0 Å². The van der Waals surface area contributed by atoms with Gasteiger partial charge in [-0.05, 0) is 55.0 Å². The summed E-state index contributed by atoms with van der Waals surface area (Å²) in [4.78, 5) is 14.0. The Labute approximate surface area is 161 Å². The summed E-state index contributed by atoms with van der Waals surface area (Å²) >= 11 is 0. The minimum Gasteiger partial charge on any atom is -0.441 e. The lowest BCUT2D eigenvalue weighted by Crippen LogP contribution is -2.33. The summed E-state index contributed by atoms with van der Waals surface area (Å²) in [5.41, 5.74) is 4.88. The fourth-order valence-corrected chi connectivity index (χ4v) is 4.12. The van der Waals surface area contributed by atoms with Crippen molar-refractivity contribution in [3.05, 3.63) is 59.7 Å². The smallest absolute Gasteiger partial charge is 0.407 e. The molecule has 1 unspecified atom stereocenters. The molecule has 2 fully saturated rings. The molecule has 2 aromatic carbocycles. The topological polar surface area (TPSA) is 41.6 Å². The molecular weight excluding hydrogens is 336 g/mol. The zero-order valence-electron chi connectivity index (χ0n) is 16.0. The van der Waals surface area contributed by atoms with Gasteiger partial charge in [0, 0.05) is 25.6 Å². The highest BCUT2D eigenvalue weighted by Gasteiger charge is 2.21. The van der Waals surface area contributed by atoms with E-state index in [1.807, 2.05) is 0 Å². The van der Waals surface area contributed by atoms with Gasteiger partial charge in [0.2, 0.25) is 0 Å². The molecule has 2 saturated heterocycles. The van der Waals surface area contributed by atoms with Crippen LogP contribution in [-0.4, -0.2) is 36.7 Å². The Kier molecular flexibility index (Phi) is 5.44. The molecule has 142 valence electrons. The predicted molar refractivity (Wildman–Crippen MR) is 108 cm³/mol. The minimum atomic E-state index is -0.325. The van der Waals surface area contributed by atoms with Crippen LogP contribution in [0.4, 0.5) is 4.79 Å². The highest BCUT2D eigenvalue weighted by atomic mass is 16.6. The summed E-state index contributed by atoms with van der Waals surface area (Å²) in [6.45, 7) is 5.41. The van der Waals surface area contributed by atoms with Crippen molar-refractivity contribution < 1.29 is 9.53 Å². The van der Waals surface area contributed by atoms with Crippen molar-refractivity contribution in [2.75, 3.05) is 19.6 Å². The van der Waals surface area contributed by atoms with Gasteiger partial charge in [-0.25, -0.2) is 4.79 Å². The van der Waals surface area contributed by atoms with Crippen LogP contribution in [0.25, 0.3) is 11.1 Å². The maximum atomic E-state index is 11.4. The van der Waals surface area contributed by atoms with E-state index in [2.05, 4.69) is 65.7 Å². The molecule has 0 aliphatic carbocycles. The second kappa shape index (κ2) is 8.13. The Bertz CT molecular complexity index is 770. The monoisotopic (exact) mass is 364 g/mol. The van der Waals surface area contributed by atoms with Gasteiger partial charge in [-0.1, -0.05) is 48.5 Å². The fraction of sp³-hybridized carbons (Fsp3) is 0.435. The van der Waals surface area contributed by atoms with E-state index in [-0.39, 0.29) is 12.2 Å². The van der Waals surface area contributed by atoms with Crippen molar-refractivity contribution in [2.24, 2.45) is 0 Å². The van der Waals surface area contributed by atoms with Gasteiger partial charge in [0.25, 0.3) is 0 Å². The third-order valence-corrected chi connectivity index (χ3v) is 5.87. The third-order valence-electron chi connectivity index (χ3n) is 5.87. The highest BCUT2D eigenvalue weighted by molar-refractivity contribution is 5.68. The van der Waals surface area contributed by atoms with Crippen molar-refractivity contribution in [1.82, 2.24) is 10.2 Å². The molecule has 2 aliphatic rings. The van der Waals surface area contributed by atoms with Gasteiger partial charge in [0.05, 0.1) is 0 Å². The molecule has 4 nitrogen and oxygen atoms in total. The van der Waals surface area contributed by atoms with Crippen LogP contribution in [0.2, 0.25) is 0 Å². The van der Waals surface area contributed by atoms with Crippen LogP contribution in [0.15, 0.2) is 48.5 Å². The van der Waals surface area contributed by atoms with E-state index in [4.69, 9.17) is 4.74 Å². The Balaban J connectivity index is 1.37. The van der Waals surface area contributed by atoms with Gasteiger partial charge < -0.3 is 15.0 Å². The molecule has 1 N–H and O–H groups in total. The lowest BCUT2D eigenvalue weighted by molar-refractivity contribution is 0.0739. The number of alkyl carbamates (subject to hydrolysis) is 1. The van der Waals surface area contributed by atoms with E-state index in [1.165, 1.54) is 36.1 Å². The molecule has 4 heteroatoms. The second-order valence-electron chi connectivity index (χ2n) is 7.71. The number of ether oxygens (including phenoxy) is 1. The number of cyclic esters (lactones) is 1. The van der Waals surface area contributed by atoms with E-state index in [9.17, 15) is 4.79 Å². The zero-order chi connectivity index (χ0) is 18.6. The Morgan fingerprint density at radius 1 is 1.04 bits per heavy atom. The van der Waals surface area contributed by atoms with Crippen LogP contribution in [0.3, 0.4) is 0 Å². The number of hydrogen-bond acceptors (Lipinski definition) is 3. The summed E-state index contributed by atoms with van der Waals surface area (Å²) in [5.74, 6) is 0. The lowest BCUT2D eigenvalue weighted by atomic mass is 9.99. The number of nitrogens with zero attached hydrogens (tertiary/aromatic N) is 1. The molecule has 0 aromatic heterocycles. The maximum Gasteiger partial charge on any atom is 0.407 e. The standard InChI is InChI=1S/C23H28N2O2/c1-17-3-2-15-25(17)16-13-18-4-6-19(7-5-18)20-8-10-21(11-9-20)22-12-14-24-23(26)27-22/h4-11,17,22H,2-3,12-16H2,1H3,(H,24,26)/t17-,22?/m1/s1. The van der Waals surface area contributed by atoms with Crippen LogP contribution >= 0.6 is 0 Å². The van der Waals surface area contributed by atoms with Gasteiger partial charge in [0.1, 0.15) is 6.10 Å². The van der Waals surface area contributed by atoms with E-state index in [1.54, 1.807) is 0 Å². The molecule has 4 rings (SSSR count). The van der Waals surface area contributed by atoms with Crippen molar-refractivity contribution >= 4 is 6.09 Å². The van der Waals surface area contributed by atoms with Crippen LogP contribution in [0.5, 0.6) is 0 Å². The highest BCUT2D eigenvalue weighted by Crippen LogP contribution is 2.27. The summed E-state index contributed by atoms with van der Waals surface area (Å²) in [7, 11) is 0. The van der Waals surface area contributed by atoms with Crippen LogP contribution in [0, 0.1) is 0 Å². The van der Waals surface area contributed by atoms with E-state index < -0.39 is 0 Å². The van der Waals surface area contributed by atoms with E-state index in [0.29, 0.717) is 6.54 Å². The minimum absolute atomic E-state index is 0.136. The second-order valence-corrected chi connectivity index (χ2v) is 7.71. The zero-order valence-corrected chi connectivity index (χ0v) is 16.0. The lowest BCUT2D eigenvalue weighted by Gasteiger charge is -2.23. The molecule has 0 spiro atoms. The fourth-order valence-electron chi connectivity index (χ4n) is 4.12.